The molecule has 0 bridgehead atoms. The lowest BCUT2D eigenvalue weighted by atomic mass is 9.83. The van der Waals surface area contributed by atoms with E-state index in [1.165, 1.54) is 16.7 Å². The summed E-state index contributed by atoms with van der Waals surface area (Å²) >= 11 is 0. The van der Waals surface area contributed by atoms with Crippen LogP contribution in [0.1, 0.15) is 206 Å². The molecule has 3 aliphatic heterocycles. The molecule has 0 saturated carbocycles. The second-order valence-corrected chi connectivity index (χ2v) is 30.1. The minimum atomic E-state index is -0.855. The molecule has 12 aromatic rings. The number of amides is 3. The maximum Gasteiger partial charge on any atom is 0.304 e. The Morgan fingerprint density at radius 3 is 0.865 bits per heavy atom. The predicted molar refractivity (Wildman–Crippen MR) is 429 cm³/mol. The van der Waals surface area contributed by atoms with E-state index in [9.17, 15) is 44.1 Å². The third-order valence-corrected chi connectivity index (χ3v) is 22.8. The van der Waals surface area contributed by atoms with Gasteiger partial charge < -0.3 is 30.0 Å². The predicted octanol–water partition coefficient (Wildman–Crippen LogP) is 15.5. The molecule has 3 amide bonds. The highest BCUT2D eigenvalue weighted by molar-refractivity contribution is 5.98. The van der Waals surface area contributed by atoms with E-state index in [1.54, 1.807) is 0 Å². The minimum Gasteiger partial charge on any atom is -0.481 e. The topological polar surface area (TPSA) is 265 Å². The van der Waals surface area contributed by atoms with Crippen LogP contribution in [0.3, 0.4) is 0 Å². The lowest BCUT2D eigenvalue weighted by Gasteiger charge is -2.30. The quantitative estimate of drug-likeness (QED) is 0.0721. The van der Waals surface area contributed by atoms with Gasteiger partial charge in [0.05, 0.1) is 35.8 Å². The van der Waals surface area contributed by atoms with Gasteiger partial charge in [0, 0.05) is 93.3 Å². The fraction of sp³-hybridized carbons (Fsp3) is 0.333. The highest BCUT2D eigenvalue weighted by Crippen LogP contribution is 2.40. The van der Waals surface area contributed by atoms with Gasteiger partial charge in [-0.05, 0) is 239 Å². The van der Waals surface area contributed by atoms with Crippen LogP contribution in [0, 0.1) is 62.3 Å². The molecular weight excluding hydrogens is 1390 g/mol. The first-order chi connectivity index (χ1) is 53.3. The van der Waals surface area contributed by atoms with Crippen molar-refractivity contribution in [2.24, 2.45) is 0 Å². The molecule has 6 heterocycles. The van der Waals surface area contributed by atoms with Gasteiger partial charge in [-0.15, -0.1) is 15.3 Å². The molecule has 570 valence electrons. The number of carboxylic acid groups (broad SMARTS) is 3. The summed E-state index contributed by atoms with van der Waals surface area (Å²) in [6.07, 6.45) is 2.25. The van der Waals surface area contributed by atoms with Crippen LogP contribution < -0.4 is 0 Å². The van der Waals surface area contributed by atoms with E-state index in [1.807, 2.05) is 221 Å². The van der Waals surface area contributed by atoms with Crippen molar-refractivity contribution in [3.8, 4) is 0 Å². The van der Waals surface area contributed by atoms with E-state index in [0.717, 1.165) is 189 Å². The molecule has 15 rings (SSSR count). The largest absolute Gasteiger partial charge is 0.481 e. The van der Waals surface area contributed by atoms with Gasteiger partial charge in [-0.1, -0.05) is 142 Å². The molecule has 0 saturated heterocycles. The average molecular weight is 1490 g/mol. The molecule has 0 aliphatic carbocycles. The first-order valence-electron chi connectivity index (χ1n) is 38.4. The number of benzene rings is 9. The molecule has 3 aliphatic rings. The van der Waals surface area contributed by atoms with Gasteiger partial charge in [-0.3, -0.25) is 28.8 Å². The first-order valence-corrected chi connectivity index (χ1v) is 38.4. The van der Waals surface area contributed by atoms with E-state index in [0.29, 0.717) is 39.3 Å². The second-order valence-electron chi connectivity index (χ2n) is 30.1. The van der Waals surface area contributed by atoms with Crippen LogP contribution in [0.25, 0.3) is 33.1 Å². The standard InChI is InChI=1S/3C30H32N4O3/c3*1-5-34-27-11-10-24(20(4)29(27)31-32-34)26(16-28(35)36)22-9-8-21-12-13-33(17-23(21)15-22)30(37)25-14-18(2)6-7-19(25)3/h3*6-11,14-15,26H,5,12-13,16-17H2,1-4H3,(H,35,36)/t2*26-;/m10./s1. The van der Waals surface area contributed by atoms with Crippen molar-refractivity contribution in [3.05, 3.63) is 279 Å². The van der Waals surface area contributed by atoms with E-state index in [2.05, 4.69) is 67.3 Å². The van der Waals surface area contributed by atoms with E-state index < -0.39 is 17.9 Å². The number of hydrogen-bond acceptors (Lipinski definition) is 12. The molecule has 9 aromatic carbocycles. The van der Waals surface area contributed by atoms with Crippen LogP contribution in [0.5, 0.6) is 0 Å². The van der Waals surface area contributed by atoms with Crippen molar-refractivity contribution in [1.82, 2.24) is 59.7 Å². The van der Waals surface area contributed by atoms with Crippen LogP contribution in [0.15, 0.2) is 146 Å². The summed E-state index contributed by atoms with van der Waals surface area (Å²) in [7, 11) is 0. The third-order valence-electron chi connectivity index (χ3n) is 22.8. The summed E-state index contributed by atoms with van der Waals surface area (Å²) in [6.45, 7) is 29.6. The van der Waals surface area contributed by atoms with Crippen LogP contribution in [0.2, 0.25) is 0 Å². The van der Waals surface area contributed by atoms with Gasteiger partial charge in [0.15, 0.2) is 0 Å². The Balaban J connectivity index is 0.000000146. The number of aromatic nitrogens is 9. The second kappa shape index (κ2) is 32.7. The van der Waals surface area contributed by atoms with Gasteiger partial charge in [0.2, 0.25) is 0 Å². The van der Waals surface area contributed by atoms with Crippen molar-refractivity contribution < 1.29 is 44.1 Å². The first kappa shape index (κ1) is 77.2. The highest BCUT2D eigenvalue weighted by atomic mass is 16.4. The Labute approximate surface area is 646 Å². The molecule has 0 fully saturated rings. The van der Waals surface area contributed by atoms with Crippen LogP contribution in [0.4, 0.5) is 0 Å². The molecule has 21 nitrogen and oxygen atoms in total. The molecule has 0 spiro atoms. The number of nitrogens with zero attached hydrogens (tertiary/aromatic N) is 12. The van der Waals surface area contributed by atoms with Crippen molar-refractivity contribution in [2.75, 3.05) is 19.6 Å². The summed E-state index contributed by atoms with van der Waals surface area (Å²) in [5.41, 5.74) is 29.0. The molecule has 3 N–H and O–H groups in total. The summed E-state index contributed by atoms with van der Waals surface area (Å²) in [4.78, 5) is 81.7. The normalized spacial score (nSPS) is 14.0. The van der Waals surface area contributed by atoms with E-state index in [-0.39, 0.29) is 54.7 Å². The molecule has 0 radical (unpaired) electrons. The zero-order valence-electron chi connectivity index (χ0n) is 65.4. The van der Waals surface area contributed by atoms with Crippen LogP contribution >= 0.6 is 0 Å². The van der Waals surface area contributed by atoms with Gasteiger partial charge >= 0.3 is 17.9 Å². The van der Waals surface area contributed by atoms with Gasteiger partial charge in [-0.25, -0.2) is 14.0 Å². The molecule has 3 atom stereocenters. The number of aliphatic carboxylic acids is 3. The van der Waals surface area contributed by atoms with Crippen molar-refractivity contribution in [1.29, 1.82) is 0 Å². The van der Waals surface area contributed by atoms with Crippen molar-refractivity contribution in [3.63, 3.8) is 0 Å². The fourth-order valence-corrected chi connectivity index (χ4v) is 16.4. The van der Waals surface area contributed by atoms with E-state index in [4.69, 9.17) is 0 Å². The van der Waals surface area contributed by atoms with E-state index >= 15 is 0 Å². The molecule has 21 heteroatoms. The maximum atomic E-state index is 13.4. The molecule has 3 aromatic heterocycles. The summed E-state index contributed by atoms with van der Waals surface area (Å²) in [5, 5.41) is 55.2. The number of rotatable bonds is 18. The number of hydrogen-bond donors (Lipinski definition) is 3. The average Bonchev–Trinajstić information content (AvgIpc) is 1.67. The Bertz CT molecular complexity index is 5110. The molecule has 1 unspecified atom stereocenters. The van der Waals surface area contributed by atoms with Gasteiger partial charge in [0.1, 0.15) is 16.6 Å². The monoisotopic (exact) mass is 1490 g/mol. The lowest BCUT2D eigenvalue weighted by molar-refractivity contribution is -0.138. The number of carbonyl (C=O) groups is 6. The summed E-state index contributed by atoms with van der Waals surface area (Å²) in [6, 6.07) is 48.6. The van der Waals surface area contributed by atoms with Crippen molar-refractivity contribution in [2.45, 2.75) is 179 Å². The van der Waals surface area contributed by atoms with Gasteiger partial charge in [-0.2, -0.15) is 0 Å². The summed E-state index contributed by atoms with van der Waals surface area (Å²) in [5.74, 6) is -3.43. The lowest BCUT2D eigenvalue weighted by Crippen LogP contribution is -2.36. The molecule has 111 heavy (non-hydrogen) atoms. The zero-order chi connectivity index (χ0) is 78.8. The SMILES string of the molecule is CCn1nnc2c(C)c(C(CC(=O)O)c3ccc4c(c3)CN(C(=O)c3cc(C)ccc3C)CC4)ccc21.CCn1nnc2c(C)c([C@@H](CC(=O)O)c3ccc4c(c3)CN(C(=O)c3cc(C)ccc3C)CC4)ccc21.CCn1nnc2c(C)c([C@H](CC(=O)O)c3ccc4c(c3)CN(C(=O)c3cc(C)ccc3C)CC4)ccc21. The van der Waals surface area contributed by atoms with Gasteiger partial charge in [0.25, 0.3) is 17.7 Å². The minimum absolute atomic E-state index is 0.0296. The van der Waals surface area contributed by atoms with Crippen LogP contribution in [-0.4, -0.2) is 130 Å². The third kappa shape index (κ3) is 16.1. The van der Waals surface area contributed by atoms with Crippen molar-refractivity contribution >= 4 is 68.7 Å². The smallest absolute Gasteiger partial charge is 0.304 e. The Morgan fingerprint density at radius 1 is 0.342 bits per heavy atom. The zero-order valence-corrected chi connectivity index (χ0v) is 65.4. The Morgan fingerprint density at radius 2 is 0.613 bits per heavy atom. The number of carbonyl (C=O) groups excluding carboxylic acids is 3. The number of fused-ring (bicyclic) bond motifs is 6. The number of aryl methyl sites for hydroxylation is 12. The van der Waals surface area contributed by atoms with Crippen LogP contribution in [-0.2, 0) is 72.9 Å². The Kier molecular flexibility index (Phi) is 22.7. The summed E-state index contributed by atoms with van der Waals surface area (Å²) < 4.78 is 5.54. The number of carboxylic acids is 3. The maximum absolute atomic E-state index is 13.4. The fourth-order valence-electron chi connectivity index (χ4n) is 16.4. The highest BCUT2D eigenvalue weighted by Gasteiger charge is 2.32. The Hall–Kier alpha value is -12.0. The molecular formula is C90H96N12O9.